The largest absolute Gasteiger partial charge is 0.482 e. The molecule has 0 aromatic heterocycles. The first-order valence-corrected chi connectivity index (χ1v) is 9.38. The Hall–Kier alpha value is -2.86. The molecule has 1 fully saturated rings. The highest BCUT2D eigenvalue weighted by molar-refractivity contribution is 5.91. The van der Waals surface area contributed by atoms with Crippen molar-refractivity contribution in [2.24, 2.45) is 5.92 Å². The van der Waals surface area contributed by atoms with Gasteiger partial charge in [-0.05, 0) is 43.0 Å². The summed E-state index contributed by atoms with van der Waals surface area (Å²) in [4.78, 5) is 25.1. The minimum Gasteiger partial charge on any atom is -0.482 e. The third kappa shape index (κ3) is 5.10. The zero-order valence-electron chi connectivity index (χ0n) is 16.0. The Morgan fingerprint density at radius 2 is 1.82 bits per heavy atom. The standard InChI is InChI=1S/C22H25NO5/c1-27-22(26)19-8-4-2-6-17(19)12-16-10-11-23(13-16)14-18-7-3-5-9-20(18)28-15-21(24)25/h2-9,16H,10-15H2,1H3,(H,24,25). The first-order chi connectivity index (χ1) is 13.6. The molecular formula is C22H25NO5. The summed E-state index contributed by atoms with van der Waals surface area (Å²) < 4.78 is 10.3. The maximum absolute atomic E-state index is 12.0. The van der Waals surface area contributed by atoms with Gasteiger partial charge in [-0.3, -0.25) is 4.90 Å². The van der Waals surface area contributed by atoms with Crippen molar-refractivity contribution in [2.45, 2.75) is 19.4 Å². The molecule has 148 valence electrons. The van der Waals surface area contributed by atoms with Gasteiger partial charge in [0.2, 0.25) is 0 Å². The fraction of sp³-hybridized carbons (Fsp3) is 0.364. The van der Waals surface area contributed by atoms with Gasteiger partial charge in [0.05, 0.1) is 12.7 Å². The molecule has 1 atom stereocenters. The zero-order chi connectivity index (χ0) is 19.9. The highest BCUT2D eigenvalue weighted by atomic mass is 16.5. The molecule has 0 bridgehead atoms. The molecule has 1 heterocycles. The topological polar surface area (TPSA) is 76.1 Å². The van der Waals surface area contributed by atoms with E-state index >= 15 is 0 Å². The van der Waals surface area contributed by atoms with E-state index in [0.29, 0.717) is 23.8 Å². The first kappa shape index (κ1) is 19.9. The van der Waals surface area contributed by atoms with Gasteiger partial charge in [-0.25, -0.2) is 9.59 Å². The van der Waals surface area contributed by atoms with Crippen LogP contribution in [0.25, 0.3) is 0 Å². The van der Waals surface area contributed by atoms with E-state index in [-0.39, 0.29) is 12.6 Å². The Bertz CT molecular complexity index is 835. The lowest BCUT2D eigenvalue weighted by molar-refractivity contribution is -0.139. The average Bonchev–Trinajstić information content (AvgIpc) is 3.14. The van der Waals surface area contributed by atoms with Crippen LogP contribution in [-0.4, -0.2) is 48.8 Å². The number of rotatable bonds is 8. The van der Waals surface area contributed by atoms with Crippen molar-refractivity contribution in [2.75, 3.05) is 26.8 Å². The second-order valence-electron chi connectivity index (χ2n) is 7.03. The van der Waals surface area contributed by atoms with E-state index in [0.717, 1.165) is 37.1 Å². The number of nitrogens with zero attached hydrogens (tertiary/aromatic N) is 1. The van der Waals surface area contributed by atoms with Crippen molar-refractivity contribution in [1.29, 1.82) is 0 Å². The van der Waals surface area contributed by atoms with Crippen LogP contribution in [-0.2, 0) is 22.5 Å². The minimum atomic E-state index is -0.986. The Balaban J connectivity index is 1.61. The van der Waals surface area contributed by atoms with Gasteiger partial charge in [0.25, 0.3) is 0 Å². The number of hydrogen-bond acceptors (Lipinski definition) is 5. The minimum absolute atomic E-state index is 0.296. The number of carbonyl (C=O) groups is 2. The van der Waals surface area contributed by atoms with Gasteiger partial charge >= 0.3 is 11.9 Å². The van der Waals surface area contributed by atoms with Gasteiger partial charge in [0.15, 0.2) is 6.61 Å². The number of aliphatic carboxylic acids is 1. The van der Waals surface area contributed by atoms with Gasteiger partial charge in [0.1, 0.15) is 5.75 Å². The SMILES string of the molecule is COC(=O)c1ccccc1CC1CCN(Cc2ccccc2OCC(=O)O)C1. The van der Waals surface area contributed by atoms with Crippen LogP contribution in [0.4, 0.5) is 0 Å². The number of methoxy groups -OCH3 is 1. The molecule has 2 aromatic carbocycles. The number of carbonyl (C=O) groups excluding carboxylic acids is 1. The molecule has 0 aliphatic carbocycles. The summed E-state index contributed by atoms with van der Waals surface area (Å²) in [5, 5.41) is 8.84. The molecule has 0 radical (unpaired) electrons. The second-order valence-corrected chi connectivity index (χ2v) is 7.03. The molecular weight excluding hydrogens is 358 g/mol. The molecule has 2 aromatic rings. The first-order valence-electron chi connectivity index (χ1n) is 9.38. The molecule has 1 aliphatic rings. The number of esters is 1. The molecule has 0 saturated carbocycles. The van der Waals surface area contributed by atoms with Gasteiger partial charge < -0.3 is 14.6 Å². The van der Waals surface area contributed by atoms with E-state index in [1.54, 1.807) is 6.07 Å². The maximum Gasteiger partial charge on any atom is 0.341 e. The van der Waals surface area contributed by atoms with Crippen molar-refractivity contribution in [3.63, 3.8) is 0 Å². The van der Waals surface area contributed by atoms with Crippen LogP contribution in [0, 0.1) is 5.92 Å². The number of ether oxygens (including phenoxy) is 2. The Labute approximate surface area is 164 Å². The highest BCUT2D eigenvalue weighted by Gasteiger charge is 2.25. The molecule has 6 heteroatoms. The smallest absolute Gasteiger partial charge is 0.341 e. The van der Waals surface area contributed by atoms with Crippen LogP contribution in [0.2, 0.25) is 0 Å². The summed E-state index contributed by atoms with van der Waals surface area (Å²) in [7, 11) is 1.40. The number of carboxylic acid groups (broad SMARTS) is 1. The summed E-state index contributed by atoms with van der Waals surface area (Å²) in [5.74, 6) is -0.211. The predicted octanol–water partition coefficient (Wildman–Crippen LogP) is 3.00. The summed E-state index contributed by atoms with van der Waals surface area (Å²) in [6.07, 6.45) is 1.88. The van der Waals surface area contributed by atoms with Crippen LogP contribution in [0.1, 0.15) is 27.9 Å². The lowest BCUT2D eigenvalue weighted by atomic mass is 9.95. The monoisotopic (exact) mass is 383 g/mol. The van der Waals surface area contributed by atoms with E-state index in [1.807, 2.05) is 42.5 Å². The Kier molecular flexibility index (Phi) is 6.66. The van der Waals surface area contributed by atoms with Crippen molar-refractivity contribution in [3.8, 4) is 5.75 Å². The van der Waals surface area contributed by atoms with Crippen molar-refractivity contribution >= 4 is 11.9 Å². The summed E-state index contributed by atoms with van der Waals surface area (Å²) in [6, 6.07) is 15.2. The van der Waals surface area contributed by atoms with Crippen molar-refractivity contribution < 1.29 is 24.2 Å². The Morgan fingerprint density at radius 1 is 1.11 bits per heavy atom. The van der Waals surface area contributed by atoms with Crippen molar-refractivity contribution in [1.82, 2.24) is 4.90 Å². The number of carboxylic acids is 1. The number of para-hydroxylation sites is 1. The lowest BCUT2D eigenvalue weighted by Gasteiger charge is -2.18. The summed E-state index contributed by atoms with van der Waals surface area (Å²) in [6.45, 7) is 2.25. The normalized spacial score (nSPS) is 16.7. The molecule has 6 nitrogen and oxygen atoms in total. The summed E-state index contributed by atoms with van der Waals surface area (Å²) in [5.41, 5.74) is 2.64. The molecule has 1 saturated heterocycles. The van der Waals surface area contributed by atoms with Crippen LogP contribution in [0.15, 0.2) is 48.5 Å². The zero-order valence-corrected chi connectivity index (χ0v) is 16.0. The van der Waals surface area contributed by atoms with Crippen LogP contribution in [0.3, 0.4) is 0 Å². The Morgan fingerprint density at radius 3 is 2.57 bits per heavy atom. The summed E-state index contributed by atoms with van der Waals surface area (Å²) >= 11 is 0. The van der Waals surface area contributed by atoms with Gasteiger partial charge in [-0.15, -0.1) is 0 Å². The van der Waals surface area contributed by atoms with Gasteiger partial charge in [0, 0.05) is 18.7 Å². The molecule has 0 spiro atoms. The number of benzene rings is 2. The van der Waals surface area contributed by atoms with E-state index in [1.165, 1.54) is 7.11 Å². The molecule has 1 unspecified atom stereocenters. The number of hydrogen-bond donors (Lipinski definition) is 1. The van der Waals surface area contributed by atoms with Crippen molar-refractivity contribution in [3.05, 3.63) is 65.2 Å². The van der Waals surface area contributed by atoms with Gasteiger partial charge in [-0.1, -0.05) is 36.4 Å². The van der Waals surface area contributed by atoms with E-state index in [9.17, 15) is 9.59 Å². The van der Waals surface area contributed by atoms with E-state index in [2.05, 4.69) is 4.90 Å². The quantitative estimate of drug-likeness (QED) is 0.706. The van der Waals surface area contributed by atoms with Crippen LogP contribution in [0.5, 0.6) is 5.75 Å². The average molecular weight is 383 g/mol. The molecule has 0 amide bonds. The molecule has 3 rings (SSSR count). The molecule has 1 N–H and O–H groups in total. The second kappa shape index (κ2) is 9.37. The molecule has 1 aliphatic heterocycles. The fourth-order valence-electron chi connectivity index (χ4n) is 3.70. The van der Waals surface area contributed by atoms with E-state index < -0.39 is 5.97 Å². The van der Waals surface area contributed by atoms with Crippen LogP contribution < -0.4 is 4.74 Å². The van der Waals surface area contributed by atoms with E-state index in [4.69, 9.17) is 14.6 Å². The third-order valence-electron chi connectivity index (χ3n) is 5.02. The third-order valence-corrected chi connectivity index (χ3v) is 5.02. The maximum atomic E-state index is 12.0. The predicted molar refractivity (Wildman–Crippen MR) is 104 cm³/mol. The van der Waals surface area contributed by atoms with Gasteiger partial charge in [-0.2, -0.15) is 0 Å². The highest BCUT2D eigenvalue weighted by Crippen LogP contribution is 2.27. The molecule has 28 heavy (non-hydrogen) atoms. The number of likely N-dealkylation sites (tertiary alicyclic amines) is 1. The lowest BCUT2D eigenvalue weighted by Crippen LogP contribution is -2.21. The van der Waals surface area contributed by atoms with Crippen LogP contribution >= 0.6 is 0 Å². The fourth-order valence-corrected chi connectivity index (χ4v) is 3.70.